The maximum atomic E-state index is 4.79. The molecule has 16 heavy (non-hydrogen) atoms. The largest absolute Gasteiger partial charge is 0.399 e. The molecule has 0 aromatic heterocycles. The molecule has 0 saturated heterocycles. The van der Waals surface area contributed by atoms with E-state index in [2.05, 4.69) is 20.2 Å². The Morgan fingerprint density at radius 3 is 2.75 bits per heavy atom. The third kappa shape index (κ3) is 2.20. The molecule has 82 valence electrons. The standard InChI is InChI=1S/C11H10N2O3/c1-14-13-11(9-5-3-2-4-6-9)10-7-8-15-16-12-10/h2-8H,1H3. The fourth-order valence-electron chi connectivity index (χ4n) is 1.27. The third-order valence-corrected chi connectivity index (χ3v) is 1.93. The molecular weight excluding hydrogens is 208 g/mol. The number of hydrogen-bond acceptors (Lipinski definition) is 5. The van der Waals surface area contributed by atoms with Crippen LogP contribution in [0.25, 0.3) is 0 Å². The molecule has 0 atom stereocenters. The molecule has 0 radical (unpaired) electrons. The number of allylic oxidation sites excluding steroid dienone is 1. The lowest BCUT2D eigenvalue weighted by atomic mass is 10.1. The van der Waals surface area contributed by atoms with E-state index < -0.39 is 0 Å². The van der Waals surface area contributed by atoms with Crippen molar-refractivity contribution in [1.29, 1.82) is 0 Å². The zero-order chi connectivity index (χ0) is 11.2. The van der Waals surface area contributed by atoms with E-state index in [4.69, 9.17) is 4.84 Å². The van der Waals surface area contributed by atoms with Gasteiger partial charge < -0.3 is 4.84 Å². The van der Waals surface area contributed by atoms with Gasteiger partial charge in [0.05, 0.1) is 0 Å². The maximum Gasteiger partial charge on any atom is 0.147 e. The van der Waals surface area contributed by atoms with Crippen LogP contribution >= 0.6 is 0 Å². The summed E-state index contributed by atoms with van der Waals surface area (Å²) in [7, 11) is 1.48. The van der Waals surface area contributed by atoms with E-state index in [1.807, 2.05) is 30.3 Å². The van der Waals surface area contributed by atoms with Gasteiger partial charge in [-0.1, -0.05) is 35.5 Å². The Labute approximate surface area is 92.5 Å². The molecule has 1 aliphatic heterocycles. The predicted octanol–water partition coefficient (Wildman–Crippen LogP) is 1.87. The lowest BCUT2D eigenvalue weighted by molar-refractivity contribution is -0.251. The Morgan fingerprint density at radius 2 is 2.12 bits per heavy atom. The SMILES string of the molecule is CON=C(C1=NOOC=C1)c1ccccc1. The number of rotatable bonds is 3. The molecule has 0 unspecified atom stereocenters. The molecule has 1 aliphatic rings. The van der Waals surface area contributed by atoms with E-state index >= 15 is 0 Å². The molecule has 0 fully saturated rings. The molecule has 5 nitrogen and oxygen atoms in total. The van der Waals surface area contributed by atoms with Gasteiger partial charge in [-0.25, -0.2) is 0 Å². The summed E-state index contributed by atoms with van der Waals surface area (Å²) in [6, 6.07) is 9.55. The first kappa shape index (κ1) is 10.2. The Bertz CT molecular complexity index is 438. The van der Waals surface area contributed by atoms with E-state index in [1.165, 1.54) is 13.4 Å². The lowest BCUT2D eigenvalue weighted by Gasteiger charge is -2.07. The van der Waals surface area contributed by atoms with Crippen LogP contribution in [0.15, 0.2) is 53.0 Å². The van der Waals surface area contributed by atoms with E-state index in [9.17, 15) is 0 Å². The minimum absolute atomic E-state index is 0.541. The predicted molar refractivity (Wildman–Crippen MR) is 58.7 cm³/mol. The van der Waals surface area contributed by atoms with Crippen molar-refractivity contribution in [2.24, 2.45) is 10.3 Å². The van der Waals surface area contributed by atoms with Crippen LogP contribution in [0.4, 0.5) is 0 Å². The number of benzene rings is 1. The van der Waals surface area contributed by atoms with Crippen LogP contribution in [0.5, 0.6) is 0 Å². The average molecular weight is 218 g/mol. The smallest absolute Gasteiger partial charge is 0.147 e. The summed E-state index contributed by atoms with van der Waals surface area (Å²) in [5.41, 5.74) is 2.01. The van der Waals surface area contributed by atoms with Crippen LogP contribution in [0.1, 0.15) is 5.56 Å². The number of oxime groups is 2. The molecule has 1 aromatic carbocycles. The summed E-state index contributed by atoms with van der Waals surface area (Å²) in [6.07, 6.45) is 3.03. The van der Waals surface area contributed by atoms with Gasteiger partial charge in [0.1, 0.15) is 24.8 Å². The van der Waals surface area contributed by atoms with Gasteiger partial charge in [-0.3, -0.25) is 4.89 Å². The Kier molecular flexibility index (Phi) is 3.18. The molecule has 0 aliphatic carbocycles. The van der Waals surface area contributed by atoms with E-state index in [1.54, 1.807) is 6.08 Å². The van der Waals surface area contributed by atoms with Gasteiger partial charge in [0.25, 0.3) is 0 Å². The molecular formula is C11H10N2O3. The van der Waals surface area contributed by atoms with Gasteiger partial charge in [-0.05, 0) is 5.16 Å². The zero-order valence-electron chi connectivity index (χ0n) is 8.66. The van der Waals surface area contributed by atoms with Crippen LogP contribution in [0.2, 0.25) is 0 Å². The normalized spacial score (nSPS) is 14.8. The maximum absolute atomic E-state index is 4.79. The molecule has 0 saturated carbocycles. The van der Waals surface area contributed by atoms with E-state index in [0.29, 0.717) is 11.4 Å². The van der Waals surface area contributed by atoms with Gasteiger partial charge in [0.15, 0.2) is 0 Å². The van der Waals surface area contributed by atoms with Gasteiger partial charge in [-0.2, -0.15) is 4.99 Å². The van der Waals surface area contributed by atoms with Crippen molar-refractivity contribution in [2.75, 3.05) is 7.11 Å². The Hall–Kier alpha value is -2.30. The highest BCUT2D eigenvalue weighted by Crippen LogP contribution is 2.07. The van der Waals surface area contributed by atoms with Gasteiger partial charge in [-0.15, -0.1) is 0 Å². The monoisotopic (exact) mass is 218 g/mol. The second-order valence-corrected chi connectivity index (χ2v) is 2.94. The van der Waals surface area contributed by atoms with Crippen molar-refractivity contribution >= 4 is 11.4 Å². The van der Waals surface area contributed by atoms with Crippen molar-refractivity contribution in [3.05, 3.63) is 48.2 Å². The third-order valence-electron chi connectivity index (χ3n) is 1.93. The first-order valence-corrected chi connectivity index (χ1v) is 4.66. The van der Waals surface area contributed by atoms with Gasteiger partial charge >= 0.3 is 0 Å². The summed E-state index contributed by atoms with van der Waals surface area (Å²) in [6.45, 7) is 0. The average Bonchev–Trinajstić information content (AvgIpc) is 2.38. The second-order valence-electron chi connectivity index (χ2n) is 2.94. The minimum atomic E-state index is 0.541. The van der Waals surface area contributed by atoms with Crippen LogP contribution in [-0.2, 0) is 14.7 Å². The van der Waals surface area contributed by atoms with Crippen LogP contribution in [0.3, 0.4) is 0 Å². The van der Waals surface area contributed by atoms with Crippen molar-refractivity contribution < 1.29 is 14.7 Å². The summed E-state index contributed by atoms with van der Waals surface area (Å²) in [5.74, 6) is 0. The van der Waals surface area contributed by atoms with Crippen molar-refractivity contribution in [2.45, 2.75) is 0 Å². The van der Waals surface area contributed by atoms with Crippen LogP contribution in [-0.4, -0.2) is 18.5 Å². The van der Waals surface area contributed by atoms with Crippen LogP contribution < -0.4 is 0 Å². The highest BCUT2D eigenvalue weighted by Gasteiger charge is 2.13. The van der Waals surface area contributed by atoms with Gasteiger partial charge in [0, 0.05) is 11.6 Å². The van der Waals surface area contributed by atoms with Crippen molar-refractivity contribution in [3.63, 3.8) is 0 Å². The first-order chi connectivity index (χ1) is 7.92. The quantitative estimate of drug-likeness (QED) is 0.442. The number of hydrogen-bond donors (Lipinski definition) is 0. The lowest BCUT2D eigenvalue weighted by Crippen LogP contribution is -2.16. The first-order valence-electron chi connectivity index (χ1n) is 4.66. The number of nitrogens with zero attached hydrogens (tertiary/aromatic N) is 2. The van der Waals surface area contributed by atoms with Crippen molar-refractivity contribution in [3.8, 4) is 0 Å². The molecule has 2 rings (SSSR count). The Balaban J connectivity index is 2.35. The highest BCUT2D eigenvalue weighted by molar-refractivity contribution is 6.51. The molecule has 0 spiro atoms. The fraction of sp³-hybridized carbons (Fsp3) is 0.0909. The van der Waals surface area contributed by atoms with Gasteiger partial charge in [0.2, 0.25) is 0 Å². The van der Waals surface area contributed by atoms with Crippen molar-refractivity contribution in [1.82, 2.24) is 0 Å². The highest BCUT2D eigenvalue weighted by atomic mass is 17.3. The molecule has 0 bridgehead atoms. The molecule has 0 amide bonds. The van der Waals surface area contributed by atoms with E-state index in [-0.39, 0.29) is 0 Å². The zero-order valence-corrected chi connectivity index (χ0v) is 8.66. The minimum Gasteiger partial charge on any atom is -0.399 e. The van der Waals surface area contributed by atoms with Crippen LogP contribution in [0, 0.1) is 0 Å². The summed E-state index contributed by atoms with van der Waals surface area (Å²) >= 11 is 0. The summed E-state index contributed by atoms with van der Waals surface area (Å²) in [5, 5.41) is 7.64. The molecule has 0 N–H and O–H groups in total. The molecule has 1 heterocycles. The summed E-state index contributed by atoms with van der Waals surface area (Å²) < 4.78 is 0. The second kappa shape index (κ2) is 4.97. The topological polar surface area (TPSA) is 52.4 Å². The summed E-state index contributed by atoms with van der Waals surface area (Å²) in [4.78, 5) is 13.8. The fourth-order valence-corrected chi connectivity index (χ4v) is 1.27. The molecule has 5 heteroatoms. The Morgan fingerprint density at radius 1 is 1.31 bits per heavy atom. The molecule has 1 aromatic rings. The van der Waals surface area contributed by atoms with E-state index in [0.717, 1.165) is 5.56 Å².